The summed E-state index contributed by atoms with van der Waals surface area (Å²) in [6.45, 7) is 3.47. The molecule has 27 heavy (non-hydrogen) atoms. The molecule has 6 heteroatoms. The van der Waals surface area contributed by atoms with Crippen molar-refractivity contribution in [3.63, 3.8) is 0 Å². The molecule has 0 saturated heterocycles. The summed E-state index contributed by atoms with van der Waals surface area (Å²) in [7, 11) is 1.54. The predicted octanol–water partition coefficient (Wildman–Crippen LogP) is 3.44. The average molecular weight is 365 g/mol. The number of ether oxygens (including phenoxy) is 2. The van der Waals surface area contributed by atoms with Gasteiger partial charge in [0, 0.05) is 45.4 Å². The SMILES string of the molecule is COc1cc(/C=C\CN(CCC#N)Cc2cccnc2)ccc1OC(C)=O. The predicted molar refractivity (Wildman–Crippen MR) is 103 cm³/mol. The van der Waals surface area contributed by atoms with E-state index in [9.17, 15) is 4.79 Å². The number of nitrogens with zero attached hydrogens (tertiary/aromatic N) is 3. The van der Waals surface area contributed by atoms with Crippen molar-refractivity contribution in [2.24, 2.45) is 0 Å². The van der Waals surface area contributed by atoms with Gasteiger partial charge in [0.2, 0.25) is 0 Å². The molecule has 0 amide bonds. The van der Waals surface area contributed by atoms with Crippen LogP contribution in [-0.4, -0.2) is 36.1 Å². The monoisotopic (exact) mass is 365 g/mol. The summed E-state index contributed by atoms with van der Waals surface area (Å²) in [5.41, 5.74) is 2.04. The van der Waals surface area contributed by atoms with Crippen molar-refractivity contribution < 1.29 is 14.3 Å². The number of rotatable bonds is 9. The maximum absolute atomic E-state index is 11.1. The van der Waals surface area contributed by atoms with Crippen LogP contribution in [0.4, 0.5) is 0 Å². The Kier molecular flexibility index (Phi) is 8.01. The lowest BCUT2D eigenvalue weighted by atomic mass is 10.2. The van der Waals surface area contributed by atoms with Crippen LogP contribution in [0.3, 0.4) is 0 Å². The minimum Gasteiger partial charge on any atom is -0.493 e. The number of nitriles is 1. The second-order valence-corrected chi connectivity index (χ2v) is 5.91. The third kappa shape index (κ3) is 6.92. The average Bonchev–Trinajstić information content (AvgIpc) is 2.67. The first-order valence-electron chi connectivity index (χ1n) is 8.63. The number of hydrogen-bond donors (Lipinski definition) is 0. The fraction of sp³-hybridized carbons (Fsp3) is 0.286. The summed E-state index contributed by atoms with van der Waals surface area (Å²) in [5.74, 6) is 0.513. The summed E-state index contributed by atoms with van der Waals surface area (Å²) >= 11 is 0. The molecule has 0 bridgehead atoms. The molecule has 1 heterocycles. The highest BCUT2D eigenvalue weighted by Gasteiger charge is 2.07. The van der Waals surface area contributed by atoms with Gasteiger partial charge >= 0.3 is 5.97 Å². The summed E-state index contributed by atoms with van der Waals surface area (Å²) in [5, 5.41) is 8.87. The van der Waals surface area contributed by atoms with Gasteiger partial charge in [-0.15, -0.1) is 0 Å². The van der Waals surface area contributed by atoms with E-state index in [1.54, 1.807) is 12.3 Å². The van der Waals surface area contributed by atoms with Crippen LogP contribution >= 0.6 is 0 Å². The third-order valence-electron chi connectivity index (χ3n) is 3.78. The van der Waals surface area contributed by atoms with Crippen LogP contribution in [0.5, 0.6) is 11.5 Å². The van der Waals surface area contributed by atoms with Gasteiger partial charge in [-0.3, -0.25) is 14.7 Å². The van der Waals surface area contributed by atoms with Crippen molar-refractivity contribution in [2.75, 3.05) is 20.2 Å². The van der Waals surface area contributed by atoms with Crippen LogP contribution < -0.4 is 9.47 Å². The highest BCUT2D eigenvalue weighted by molar-refractivity contribution is 5.71. The van der Waals surface area contributed by atoms with Gasteiger partial charge in [-0.1, -0.05) is 24.3 Å². The highest BCUT2D eigenvalue weighted by atomic mass is 16.6. The molecule has 1 aromatic heterocycles. The van der Waals surface area contributed by atoms with Crippen LogP contribution in [0.1, 0.15) is 24.5 Å². The van der Waals surface area contributed by atoms with Gasteiger partial charge in [0.05, 0.1) is 13.2 Å². The van der Waals surface area contributed by atoms with Crippen molar-refractivity contribution >= 4 is 12.0 Å². The van der Waals surface area contributed by atoms with E-state index in [0.29, 0.717) is 31.0 Å². The molecule has 6 nitrogen and oxygen atoms in total. The van der Waals surface area contributed by atoms with Gasteiger partial charge in [0.15, 0.2) is 11.5 Å². The van der Waals surface area contributed by atoms with E-state index < -0.39 is 0 Å². The van der Waals surface area contributed by atoms with Gasteiger partial charge < -0.3 is 9.47 Å². The Hall–Kier alpha value is -3.17. The first-order chi connectivity index (χ1) is 13.1. The van der Waals surface area contributed by atoms with Crippen LogP contribution in [0.15, 0.2) is 48.8 Å². The number of hydrogen-bond acceptors (Lipinski definition) is 6. The Morgan fingerprint density at radius 3 is 2.85 bits per heavy atom. The zero-order chi connectivity index (χ0) is 19.5. The molecule has 0 atom stereocenters. The number of benzene rings is 1. The van der Waals surface area contributed by atoms with Gasteiger partial charge in [-0.05, 0) is 29.3 Å². The van der Waals surface area contributed by atoms with E-state index in [2.05, 4.69) is 16.0 Å². The maximum atomic E-state index is 11.1. The van der Waals surface area contributed by atoms with Gasteiger partial charge in [0.25, 0.3) is 0 Å². The summed E-state index contributed by atoms with van der Waals surface area (Å²) in [4.78, 5) is 17.4. The van der Waals surface area contributed by atoms with Crippen molar-refractivity contribution in [2.45, 2.75) is 19.9 Å². The second kappa shape index (κ2) is 10.7. The lowest BCUT2D eigenvalue weighted by Crippen LogP contribution is -2.24. The standard InChI is InChI=1S/C21H23N3O3/c1-17(25)27-20-9-8-18(14-21(20)26-2)7-4-12-24(13-5-10-22)16-19-6-3-11-23-15-19/h3-4,6-9,11,14-15H,5,12-13,16H2,1-2H3/b7-4-. The van der Waals surface area contributed by atoms with Crippen molar-refractivity contribution in [1.29, 1.82) is 5.26 Å². The molecule has 2 rings (SSSR count). The molecular formula is C21H23N3O3. The Morgan fingerprint density at radius 2 is 2.19 bits per heavy atom. The Morgan fingerprint density at radius 1 is 1.33 bits per heavy atom. The Labute approximate surface area is 159 Å². The largest absolute Gasteiger partial charge is 0.493 e. The number of esters is 1. The zero-order valence-electron chi connectivity index (χ0n) is 15.6. The normalized spacial score (nSPS) is 10.7. The van der Waals surface area contributed by atoms with E-state index in [4.69, 9.17) is 14.7 Å². The van der Waals surface area contributed by atoms with Gasteiger partial charge in [0.1, 0.15) is 0 Å². The summed E-state index contributed by atoms with van der Waals surface area (Å²) in [6.07, 6.45) is 8.06. The number of aromatic nitrogens is 1. The van der Waals surface area contributed by atoms with Crippen molar-refractivity contribution in [1.82, 2.24) is 9.88 Å². The molecule has 1 aromatic carbocycles. The van der Waals surface area contributed by atoms with E-state index in [-0.39, 0.29) is 5.97 Å². The topological polar surface area (TPSA) is 75.4 Å². The third-order valence-corrected chi connectivity index (χ3v) is 3.78. The van der Waals surface area contributed by atoms with E-state index in [0.717, 1.165) is 17.7 Å². The summed E-state index contributed by atoms with van der Waals surface area (Å²) in [6, 6.07) is 11.5. The quantitative estimate of drug-likeness (QED) is 0.500. The fourth-order valence-corrected chi connectivity index (χ4v) is 2.56. The van der Waals surface area contributed by atoms with Crippen LogP contribution in [0, 0.1) is 11.3 Å². The fourth-order valence-electron chi connectivity index (χ4n) is 2.56. The first kappa shape index (κ1) is 20.1. The summed E-state index contributed by atoms with van der Waals surface area (Å²) < 4.78 is 10.4. The van der Waals surface area contributed by atoms with Gasteiger partial charge in [-0.2, -0.15) is 5.26 Å². The van der Waals surface area contributed by atoms with Gasteiger partial charge in [-0.25, -0.2) is 0 Å². The smallest absolute Gasteiger partial charge is 0.308 e. The molecule has 0 N–H and O–H groups in total. The molecule has 0 fully saturated rings. The minimum absolute atomic E-state index is 0.389. The van der Waals surface area contributed by atoms with Crippen LogP contribution in [0.2, 0.25) is 0 Å². The van der Waals surface area contributed by atoms with Crippen LogP contribution in [0.25, 0.3) is 6.08 Å². The molecule has 0 aliphatic rings. The number of methoxy groups -OCH3 is 1. The molecule has 0 radical (unpaired) electrons. The van der Waals surface area contributed by atoms with Crippen molar-refractivity contribution in [3.05, 3.63) is 59.9 Å². The number of carbonyl (C=O) groups excluding carboxylic acids is 1. The minimum atomic E-state index is -0.389. The second-order valence-electron chi connectivity index (χ2n) is 5.91. The molecule has 0 saturated carbocycles. The molecular weight excluding hydrogens is 342 g/mol. The lowest BCUT2D eigenvalue weighted by molar-refractivity contribution is -0.132. The maximum Gasteiger partial charge on any atom is 0.308 e. The van der Waals surface area contributed by atoms with E-state index >= 15 is 0 Å². The van der Waals surface area contributed by atoms with Crippen molar-refractivity contribution in [3.8, 4) is 17.6 Å². The zero-order valence-corrected chi connectivity index (χ0v) is 15.6. The Bertz CT molecular complexity index is 813. The molecule has 0 spiro atoms. The highest BCUT2D eigenvalue weighted by Crippen LogP contribution is 2.28. The van der Waals surface area contributed by atoms with Crippen LogP contribution in [-0.2, 0) is 11.3 Å². The molecule has 2 aromatic rings. The van der Waals surface area contributed by atoms with E-state index in [1.165, 1.54) is 14.0 Å². The number of pyridine rings is 1. The Balaban J connectivity index is 2.03. The molecule has 0 aliphatic heterocycles. The lowest BCUT2D eigenvalue weighted by Gasteiger charge is -2.19. The van der Waals surface area contributed by atoms with E-state index in [1.807, 2.05) is 42.6 Å². The molecule has 0 aliphatic carbocycles. The number of carbonyl (C=O) groups is 1. The molecule has 140 valence electrons. The first-order valence-corrected chi connectivity index (χ1v) is 8.63. The molecule has 0 unspecified atom stereocenters.